The third kappa shape index (κ3) is 8.42. The summed E-state index contributed by atoms with van der Waals surface area (Å²) in [5, 5.41) is 5.15. The first-order valence-electron chi connectivity index (χ1n) is 15.7. The van der Waals surface area contributed by atoms with Crippen LogP contribution in [0.25, 0.3) is 0 Å². The highest BCUT2D eigenvalue weighted by Gasteiger charge is 2.35. The van der Waals surface area contributed by atoms with Gasteiger partial charge in [0, 0.05) is 43.9 Å². The zero-order valence-corrected chi connectivity index (χ0v) is 27.8. The highest BCUT2D eigenvalue weighted by atomic mass is 32.2. The number of carbonyl (C=O) groups excluding carboxylic acids is 5. The van der Waals surface area contributed by atoms with Gasteiger partial charge in [-0.2, -0.15) is 0 Å². The first-order valence-corrected chi connectivity index (χ1v) is 16.8. The molecule has 3 aliphatic heterocycles. The molecule has 0 spiro atoms. The van der Waals surface area contributed by atoms with Gasteiger partial charge in [0.2, 0.25) is 11.8 Å². The van der Waals surface area contributed by atoms with Crippen molar-refractivity contribution in [1.82, 2.24) is 19.8 Å². The van der Waals surface area contributed by atoms with Crippen molar-refractivity contribution in [2.24, 2.45) is 0 Å². The zero-order valence-electron chi connectivity index (χ0n) is 27.0. The Kier molecular flexibility index (Phi) is 10.4. The van der Waals surface area contributed by atoms with Gasteiger partial charge in [-0.05, 0) is 82.5 Å². The van der Waals surface area contributed by atoms with Crippen LogP contribution in [0.2, 0.25) is 0 Å². The van der Waals surface area contributed by atoms with Gasteiger partial charge >= 0.3 is 6.09 Å². The molecular formula is C33H41N5O8S. The summed E-state index contributed by atoms with van der Waals surface area (Å²) in [4.78, 5) is 64.8. The Bertz CT molecular complexity index is 1500. The van der Waals surface area contributed by atoms with Crippen LogP contribution in [0.1, 0.15) is 67.2 Å². The molecule has 2 atom stereocenters. The van der Waals surface area contributed by atoms with Crippen LogP contribution in [0.15, 0.2) is 47.4 Å². The van der Waals surface area contributed by atoms with Crippen molar-refractivity contribution in [1.29, 1.82) is 0 Å². The Morgan fingerprint density at radius 3 is 2.36 bits per heavy atom. The van der Waals surface area contributed by atoms with Gasteiger partial charge in [0.1, 0.15) is 23.5 Å². The number of ether oxygens (including phenoxy) is 2. The van der Waals surface area contributed by atoms with Crippen molar-refractivity contribution in [2.45, 2.75) is 75.1 Å². The summed E-state index contributed by atoms with van der Waals surface area (Å²) in [6.07, 6.45) is 1.82. The van der Waals surface area contributed by atoms with Crippen LogP contribution in [-0.2, 0) is 25.7 Å². The molecule has 3 saturated heterocycles. The van der Waals surface area contributed by atoms with Crippen LogP contribution < -0.4 is 20.3 Å². The van der Waals surface area contributed by atoms with E-state index in [1.54, 1.807) is 42.5 Å². The predicted molar refractivity (Wildman–Crippen MR) is 174 cm³/mol. The number of nitrogens with zero attached hydrogens (tertiary/aromatic N) is 3. The number of aldehydes is 1. The molecule has 13 nitrogen and oxygen atoms in total. The van der Waals surface area contributed by atoms with Crippen molar-refractivity contribution in [2.75, 3.05) is 38.1 Å². The van der Waals surface area contributed by atoms with Crippen molar-refractivity contribution < 1.29 is 38.0 Å². The number of amides is 4. The van der Waals surface area contributed by atoms with Crippen LogP contribution in [0, 0.1) is 0 Å². The highest BCUT2D eigenvalue weighted by molar-refractivity contribution is 7.89. The third-order valence-corrected chi connectivity index (χ3v) is 9.85. The van der Waals surface area contributed by atoms with Crippen molar-refractivity contribution >= 4 is 47.2 Å². The first kappa shape index (κ1) is 34.2. The van der Waals surface area contributed by atoms with E-state index in [1.807, 2.05) is 30.0 Å². The molecule has 0 bridgehead atoms. The van der Waals surface area contributed by atoms with Gasteiger partial charge in [-0.25, -0.2) is 4.79 Å². The standard InChI is InChI=1S/C33H41N5O8S/c1-33(2,3)46-32(43)34-22-13-15-38(16-14-22)47(44)26-8-6-24(7-9-26)45-25-18-37(19-25)23-5-10-27(21(17-23)20-39)31(42)36(4)28-11-12-29(40)35-30(28)41/h5-10,17,20,22,25,28H,11-16,18-19H2,1-4H3,(H,34,43)(H,35,40,41). The summed E-state index contributed by atoms with van der Waals surface area (Å²) < 4.78 is 26.5. The van der Waals surface area contributed by atoms with Gasteiger partial charge in [-0.15, -0.1) is 4.31 Å². The number of likely N-dealkylation sites (N-methyl/N-ethyl adjacent to an activating group) is 1. The molecule has 0 aromatic heterocycles. The fraction of sp³-hybridized carbons (Fsp3) is 0.485. The van der Waals surface area contributed by atoms with E-state index in [9.17, 15) is 28.5 Å². The molecule has 3 aliphatic rings. The number of nitrogens with one attached hydrogen (secondary N) is 2. The SMILES string of the molecule is CN(C(=O)c1ccc(N2CC(Oc3ccc([S+]([O-])N4CCC(NC(=O)OC(C)(C)C)CC4)cc3)C2)cc1C=O)C1CCC(=O)NC1=O. The maximum absolute atomic E-state index is 13.2. The molecular weight excluding hydrogens is 626 g/mol. The third-order valence-electron chi connectivity index (χ3n) is 8.34. The molecule has 2 aromatic carbocycles. The second kappa shape index (κ2) is 14.3. The lowest BCUT2D eigenvalue weighted by Gasteiger charge is -2.41. The lowest BCUT2D eigenvalue weighted by Crippen LogP contribution is -2.54. The normalized spacial score (nSPS) is 20.1. The van der Waals surface area contributed by atoms with E-state index in [-0.39, 0.29) is 42.0 Å². The number of anilines is 1. The Balaban J connectivity index is 1.09. The van der Waals surface area contributed by atoms with Gasteiger partial charge in [-0.1, -0.05) is 0 Å². The average Bonchev–Trinajstić information content (AvgIpc) is 3.01. The number of rotatable bonds is 9. The molecule has 2 N–H and O–H groups in total. The minimum absolute atomic E-state index is 0.0203. The fourth-order valence-electron chi connectivity index (χ4n) is 5.76. The number of piperidine rings is 2. The van der Waals surface area contributed by atoms with Gasteiger partial charge in [0.05, 0.1) is 30.0 Å². The van der Waals surface area contributed by atoms with E-state index in [1.165, 1.54) is 11.9 Å². The van der Waals surface area contributed by atoms with Gasteiger partial charge < -0.3 is 29.1 Å². The van der Waals surface area contributed by atoms with E-state index in [0.29, 0.717) is 56.0 Å². The average molecular weight is 668 g/mol. The van der Waals surface area contributed by atoms with Crippen LogP contribution in [0.3, 0.4) is 0 Å². The number of hydrogen-bond donors (Lipinski definition) is 2. The van der Waals surface area contributed by atoms with Gasteiger partial charge in [-0.3, -0.25) is 24.5 Å². The molecule has 0 aliphatic carbocycles. The smallest absolute Gasteiger partial charge is 0.407 e. The summed E-state index contributed by atoms with van der Waals surface area (Å²) in [7, 11) is 1.49. The van der Waals surface area contributed by atoms with E-state index in [2.05, 4.69) is 10.6 Å². The molecule has 0 radical (unpaired) electrons. The fourth-order valence-corrected chi connectivity index (χ4v) is 6.97. The summed E-state index contributed by atoms with van der Waals surface area (Å²) in [6.45, 7) is 7.77. The van der Waals surface area contributed by atoms with Gasteiger partial charge in [0.25, 0.3) is 5.91 Å². The lowest BCUT2D eigenvalue weighted by molar-refractivity contribution is -0.136. The maximum Gasteiger partial charge on any atom is 0.407 e. The quantitative estimate of drug-likeness (QED) is 0.231. The minimum Gasteiger partial charge on any atom is -0.593 e. The van der Waals surface area contributed by atoms with Crippen molar-refractivity contribution in [3.8, 4) is 5.75 Å². The molecule has 2 unspecified atom stereocenters. The topological polar surface area (TPSA) is 161 Å². The van der Waals surface area contributed by atoms with Crippen LogP contribution in [0.5, 0.6) is 5.75 Å². The maximum atomic E-state index is 13.2. The van der Waals surface area contributed by atoms with E-state index in [0.717, 1.165) is 5.69 Å². The summed E-state index contributed by atoms with van der Waals surface area (Å²) >= 11 is -1.33. The second-order valence-corrected chi connectivity index (χ2v) is 14.5. The largest absolute Gasteiger partial charge is 0.593 e. The molecule has 0 saturated carbocycles. The number of imide groups is 1. The molecule has 47 heavy (non-hydrogen) atoms. The molecule has 5 rings (SSSR count). The van der Waals surface area contributed by atoms with E-state index >= 15 is 0 Å². The second-order valence-electron chi connectivity index (χ2n) is 13.0. The van der Waals surface area contributed by atoms with Gasteiger partial charge in [0.15, 0.2) is 11.2 Å². The number of hydrogen-bond acceptors (Lipinski definition) is 10. The van der Waals surface area contributed by atoms with E-state index < -0.39 is 40.9 Å². The number of carbonyl (C=O) groups is 5. The summed E-state index contributed by atoms with van der Waals surface area (Å²) in [6, 6.07) is 11.4. The summed E-state index contributed by atoms with van der Waals surface area (Å²) in [5.74, 6) is -0.708. The molecule has 4 amide bonds. The van der Waals surface area contributed by atoms with Crippen molar-refractivity contribution in [3.63, 3.8) is 0 Å². The lowest BCUT2D eigenvalue weighted by atomic mass is 10.0. The Hall–Kier alpha value is -4.14. The summed E-state index contributed by atoms with van der Waals surface area (Å²) in [5.41, 5.74) is 0.604. The molecule has 3 fully saturated rings. The first-order chi connectivity index (χ1) is 22.3. The Morgan fingerprint density at radius 1 is 1.06 bits per heavy atom. The molecule has 2 aromatic rings. The molecule has 14 heteroatoms. The van der Waals surface area contributed by atoms with Crippen LogP contribution >= 0.6 is 0 Å². The Labute approximate surface area is 277 Å². The predicted octanol–water partition coefficient (Wildman–Crippen LogP) is 2.66. The molecule has 3 heterocycles. The number of benzene rings is 2. The van der Waals surface area contributed by atoms with Crippen molar-refractivity contribution in [3.05, 3.63) is 53.6 Å². The van der Waals surface area contributed by atoms with Crippen LogP contribution in [-0.4, -0.2) is 101 Å². The number of alkyl carbamates (subject to hydrolysis) is 1. The zero-order chi connectivity index (χ0) is 33.9. The Morgan fingerprint density at radius 2 is 1.74 bits per heavy atom. The molecule has 252 valence electrons. The monoisotopic (exact) mass is 667 g/mol. The minimum atomic E-state index is -1.33. The van der Waals surface area contributed by atoms with Crippen LogP contribution in [0.4, 0.5) is 10.5 Å². The highest BCUT2D eigenvalue weighted by Crippen LogP contribution is 2.29. The van der Waals surface area contributed by atoms with E-state index in [4.69, 9.17) is 9.47 Å².